The second-order valence-electron chi connectivity index (χ2n) is 3.54. The van der Waals surface area contributed by atoms with Gasteiger partial charge in [0.05, 0.1) is 0 Å². The van der Waals surface area contributed by atoms with Crippen molar-refractivity contribution < 1.29 is 8.49 Å². The molecule has 0 radical (unpaired) electrons. The Morgan fingerprint density at radius 1 is 1.40 bits per heavy atom. The van der Waals surface area contributed by atoms with Crippen molar-refractivity contribution in [3.05, 3.63) is 34.9 Å². The van der Waals surface area contributed by atoms with Crippen LogP contribution in [0.3, 0.4) is 0 Å². The third-order valence-electron chi connectivity index (χ3n) is 2.36. The minimum absolute atomic E-state index is 0.608. The van der Waals surface area contributed by atoms with Crippen LogP contribution in [0, 0.1) is 13.8 Å². The lowest BCUT2D eigenvalue weighted by Crippen LogP contribution is -2.21. The Morgan fingerprint density at radius 3 is 2.80 bits per heavy atom. The van der Waals surface area contributed by atoms with E-state index in [1.807, 2.05) is 6.07 Å². The number of rotatable bonds is 2. The average Bonchev–Trinajstić information content (AvgIpc) is 2.58. The van der Waals surface area contributed by atoms with Gasteiger partial charge < -0.3 is 0 Å². The van der Waals surface area contributed by atoms with Gasteiger partial charge in [-0.05, 0) is 30.5 Å². The minimum atomic E-state index is -1.49. The largest absolute Gasteiger partial charge is 0.338 e. The lowest BCUT2D eigenvalue weighted by atomic mass is 10.0. The van der Waals surface area contributed by atoms with E-state index in [2.05, 4.69) is 40.1 Å². The molecule has 5 heteroatoms. The normalized spacial score (nSPS) is 19.3. The molecule has 1 N–H and O–H groups in total. The number of benzene rings is 1. The third-order valence-corrected chi connectivity index (χ3v) is 2.97. The summed E-state index contributed by atoms with van der Waals surface area (Å²) in [6, 6.07) is 6.20. The van der Waals surface area contributed by atoms with Crippen molar-refractivity contribution in [2.24, 2.45) is 5.16 Å². The molecule has 0 saturated carbocycles. The van der Waals surface area contributed by atoms with E-state index in [1.165, 1.54) is 11.1 Å². The minimum Gasteiger partial charge on any atom is -0.269 e. The summed E-state index contributed by atoms with van der Waals surface area (Å²) in [7, 11) is 0. The van der Waals surface area contributed by atoms with Gasteiger partial charge in [0.2, 0.25) is 0 Å². The van der Waals surface area contributed by atoms with Gasteiger partial charge in [-0.1, -0.05) is 23.4 Å². The number of aryl methyl sites for hydroxylation is 2. The molecule has 1 atom stereocenters. The summed E-state index contributed by atoms with van der Waals surface area (Å²) in [5, 5.41) is 3.67. The van der Waals surface area contributed by atoms with Crippen LogP contribution in [0.15, 0.2) is 23.4 Å². The van der Waals surface area contributed by atoms with Crippen LogP contribution in [-0.4, -0.2) is 10.0 Å². The number of amidine groups is 1. The zero-order chi connectivity index (χ0) is 10.8. The van der Waals surface area contributed by atoms with Gasteiger partial charge in [0.15, 0.2) is 5.84 Å². The van der Waals surface area contributed by atoms with Gasteiger partial charge in [-0.3, -0.25) is 9.01 Å². The standard InChI is InChI=1S/C10H12N2O2S/c1-7-3-4-9(5-8(7)2)6-10-11-14-15(13)12-10/h3-5H,6H2,1-2H3,(H,11,12). The van der Waals surface area contributed by atoms with Crippen molar-refractivity contribution >= 4 is 17.1 Å². The number of nitrogens with one attached hydrogen (secondary N) is 1. The first-order chi connectivity index (χ1) is 7.15. The Balaban J connectivity index is 2.11. The van der Waals surface area contributed by atoms with Crippen LogP contribution in [-0.2, 0) is 22.0 Å². The summed E-state index contributed by atoms with van der Waals surface area (Å²) in [6.45, 7) is 4.14. The Kier molecular flexibility index (Phi) is 2.73. The SMILES string of the molecule is Cc1ccc(CC2=NOS(=O)N2)cc1C. The van der Waals surface area contributed by atoms with Crippen LogP contribution in [0.5, 0.6) is 0 Å². The Morgan fingerprint density at radius 2 is 2.20 bits per heavy atom. The summed E-state index contributed by atoms with van der Waals surface area (Å²) in [5.41, 5.74) is 3.64. The molecule has 1 aromatic rings. The molecule has 0 aliphatic carbocycles. The third kappa shape index (κ3) is 2.36. The van der Waals surface area contributed by atoms with Crippen molar-refractivity contribution in [2.45, 2.75) is 20.3 Å². The molecule has 2 rings (SSSR count). The second-order valence-corrected chi connectivity index (χ2v) is 4.37. The lowest BCUT2D eigenvalue weighted by molar-refractivity contribution is 0.384. The van der Waals surface area contributed by atoms with E-state index in [0.717, 1.165) is 5.56 Å². The van der Waals surface area contributed by atoms with Crippen LogP contribution in [0.2, 0.25) is 0 Å². The molecule has 0 fully saturated rings. The van der Waals surface area contributed by atoms with Gasteiger partial charge in [0.25, 0.3) is 0 Å². The fraction of sp³-hybridized carbons (Fsp3) is 0.300. The maximum Gasteiger partial charge on any atom is 0.338 e. The summed E-state index contributed by atoms with van der Waals surface area (Å²) < 4.78 is 18.0. The quantitative estimate of drug-likeness (QED) is 0.824. The van der Waals surface area contributed by atoms with E-state index < -0.39 is 11.3 Å². The predicted molar refractivity (Wildman–Crippen MR) is 59.4 cm³/mol. The van der Waals surface area contributed by atoms with Gasteiger partial charge in [0, 0.05) is 6.42 Å². The van der Waals surface area contributed by atoms with Crippen LogP contribution in [0.25, 0.3) is 0 Å². The first-order valence-electron chi connectivity index (χ1n) is 4.64. The summed E-state index contributed by atoms with van der Waals surface area (Å²) in [4.78, 5) is 0. The molecule has 1 aromatic carbocycles. The molecular formula is C10H12N2O2S. The van der Waals surface area contributed by atoms with Gasteiger partial charge in [0.1, 0.15) is 0 Å². The maximum atomic E-state index is 10.8. The van der Waals surface area contributed by atoms with Crippen molar-refractivity contribution in [3.63, 3.8) is 0 Å². The molecule has 0 amide bonds. The molecule has 1 aliphatic rings. The molecule has 0 aromatic heterocycles. The number of nitrogens with zero attached hydrogens (tertiary/aromatic N) is 1. The molecule has 0 spiro atoms. The molecular weight excluding hydrogens is 212 g/mol. The summed E-state index contributed by atoms with van der Waals surface area (Å²) in [5.74, 6) is 0.608. The van der Waals surface area contributed by atoms with Crippen LogP contribution < -0.4 is 4.72 Å². The van der Waals surface area contributed by atoms with E-state index >= 15 is 0 Å². The van der Waals surface area contributed by atoms with Crippen LogP contribution in [0.4, 0.5) is 0 Å². The molecule has 4 nitrogen and oxygen atoms in total. The Labute approximate surface area is 91.1 Å². The van der Waals surface area contributed by atoms with Crippen molar-refractivity contribution in [1.82, 2.24) is 4.72 Å². The predicted octanol–water partition coefficient (Wildman–Crippen LogP) is 1.36. The zero-order valence-corrected chi connectivity index (χ0v) is 9.43. The zero-order valence-electron chi connectivity index (χ0n) is 8.61. The smallest absolute Gasteiger partial charge is 0.269 e. The number of hydrogen-bond acceptors (Lipinski definition) is 3. The number of oxime groups is 1. The molecule has 1 aliphatic heterocycles. The highest BCUT2D eigenvalue weighted by Gasteiger charge is 2.14. The van der Waals surface area contributed by atoms with Crippen LogP contribution >= 0.6 is 0 Å². The van der Waals surface area contributed by atoms with Crippen molar-refractivity contribution in [3.8, 4) is 0 Å². The average molecular weight is 224 g/mol. The molecule has 15 heavy (non-hydrogen) atoms. The van der Waals surface area contributed by atoms with E-state index in [4.69, 9.17) is 0 Å². The Bertz CT molecular complexity index is 443. The molecule has 0 bridgehead atoms. The molecule has 1 unspecified atom stereocenters. The van der Waals surface area contributed by atoms with Crippen molar-refractivity contribution in [1.29, 1.82) is 0 Å². The molecule has 80 valence electrons. The van der Waals surface area contributed by atoms with Crippen molar-refractivity contribution in [2.75, 3.05) is 0 Å². The van der Waals surface area contributed by atoms with E-state index in [-0.39, 0.29) is 0 Å². The fourth-order valence-corrected chi connectivity index (χ4v) is 1.88. The number of hydrogen-bond donors (Lipinski definition) is 1. The van der Waals surface area contributed by atoms with Gasteiger partial charge in [-0.25, -0.2) is 0 Å². The van der Waals surface area contributed by atoms with E-state index in [1.54, 1.807) is 0 Å². The first kappa shape index (κ1) is 10.2. The van der Waals surface area contributed by atoms with Gasteiger partial charge in [-0.2, -0.15) is 4.21 Å². The lowest BCUT2D eigenvalue weighted by Gasteiger charge is -2.03. The van der Waals surface area contributed by atoms with Crippen LogP contribution in [0.1, 0.15) is 16.7 Å². The monoisotopic (exact) mass is 224 g/mol. The van der Waals surface area contributed by atoms with E-state index in [9.17, 15) is 4.21 Å². The fourth-order valence-electron chi connectivity index (χ4n) is 1.39. The summed E-state index contributed by atoms with van der Waals surface area (Å²) in [6.07, 6.45) is 0.618. The highest BCUT2D eigenvalue weighted by molar-refractivity contribution is 7.79. The summed E-state index contributed by atoms with van der Waals surface area (Å²) >= 11 is -1.49. The topological polar surface area (TPSA) is 50.7 Å². The van der Waals surface area contributed by atoms with Gasteiger partial charge >= 0.3 is 11.3 Å². The molecule has 0 saturated heterocycles. The van der Waals surface area contributed by atoms with E-state index in [0.29, 0.717) is 12.3 Å². The Hall–Kier alpha value is -1.36. The maximum absolute atomic E-state index is 10.8. The highest BCUT2D eigenvalue weighted by Crippen LogP contribution is 2.11. The highest BCUT2D eigenvalue weighted by atomic mass is 32.2. The molecule has 1 heterocycles. The second kappa shape index (κ2) is 4.02. The first-order valence-corrected chi connectivity index (χ1v) is 5.71. The van der Waals surface area contributed by atoms with Gasteiger partial charge in [-0.15, -0.1) is 0 Å².